The standard InChI is InChI=1S/C14H17ClN6O/c15-10-1-3-11(4-2-10)17-13-18-12(9-16)19-14(20-13)21-5-7-22-8-6-21/h1-4H,5-9,16H2,(H,17,18,19,20). The zero-order valence-corrected chi connectivity index (χ0v) is 12.8. The number of anilines is 3. The van der Waals surface area contributed by atoms with Crippen molar-refractivity contribution in [1.82, 2.24) is 15.0 Å². The van der Waals surface area contributed by atoms with Crippen LogP contribution in [0.4, 0.5) is 17.6 Å². The number of nitrogens with zero attached hydrogens (tertiary/aromatic N) is 4. The van der Waals surface area contributed by atoms with Crippen LogP contribution >= 0.6 is 11.6 Å². The van der Waals surface area contributed by atoms with E-state index in [4.69, 9.17) is 22.1 Å². The molecule has 0 atom stereocenters. The summed E-state index contributed by atoms with van der Waals surface area (Å²) in [6, 6.07) is 7.33. The highest BCUT2D eigenvalue weighted by molar-refractivity contribution is 6.30. The first-order valence-corrected chi connectivity index (χ1v) is 7.43. The summed E-state index contributed by atoms with van der Waals surface area (Å²) in [6.07, 6.45) is 0. The lowest BCUT2D eigenvalue weighted by molar-refractivity contribution is 0.122. The maximum atomic E-state index is 5.89. The van der Waals surface area contributed by atoms with E-state index in [-0.39, 0.29) is 6.54 Å². The summed E-state index contributed by atoms with van der Waals surface area (Å²) in [5.74, 6) is 1.64. The maximum absolute atomic E-state index is 5.89. The lowest BCUT2D eigenvalue weighted by Crippen LogP contribution is -2.37. The van der Waals surface area contributed by atoms with E-state index in [2.05, 4.69) is 25.2 Å². The van der Waals surface area contributed by atoms with Gasteiger partial charge in [-0.25, -0.2) is 0 Å². The summed E-state index contributed by atoms with van der Waals surface area (Å²) in [6.45, 7) is 3.12. The van der Waals surface area contributed by atoms with Crippen molar-refractivity contribution < 1.29 is 4.74 Å². The highest BCUT2D eigenvalue weighted by atomic mass is 35.5. The largest absolute Gasteiger partial charge is 0.378 e. The Morgan fingerprint density at radius 1 is 1.14 bits per heavy atom. The fourth-order valence-electron chi connectivity index (χ4n) is 2.12. The molecule has 0 amide bonds. The Kier molecular flexibility index (Phi) is 4.67. The predicted octanol–water partition coefficient (Wildman–Crippen LogP) is 1.56. The summed E-state index contributed by atoms with van der Waals surface area (Å²) in [4.78, 5) is 15.2. The highest BCUT2D eigenvalue weighted by Crippen LogP contribution is 2.18. The Balaban J connectivity index is 1.84. The van der Waals surface area contributed by atoms with Gasteiger partial charge in [0.05, 0.1) is 19.8 Å². The van der Waals surface area contributed by atoms with E-state index < -0.39 is 0 Å². The van der Waals surface area contributed by atoms with Gasteiger partial charge in [0.15, 0.2) is 0 Å². The number of hydrogen-bond donors (Lipinski definition) is 2. The van der Waals surface area contributed by atoms with Gasteiger partial charge in [-0.1, -0.05) is 11.6 Å². The summed E-state index contributed by atoms with van der Waals surface area (Å²) in [5.41, 5.74) is 6.54. The van der Waals surface area contributed by atoms with E-state index in [0.717, 1.165) is 18.8 Å². The minimum Gasteiger partial charge on any atom is -0.378 e. The molecule has 1 aromatic carbocycles. The van der Waals surface area contributed by atoms with Crippen molar-refractivity contribution in [2.24, 2.45) is 5.73 Å². The van der Waals surface area contributed by atoms with Crippen LogP contribution in [0.5, 0.6) is 0 Å². The number of rotatable bonds is 4. The fourth-order valence-corrected chi connectivity index (χ4v) is 2.25. The maximum Gasteiger partial charge on any atom is 0.232 e. The Bertz CT molecular complexity index is 630. The number of hydrogen-bond acceptors (Lipinski definition) is 7. The molecule has 0 radical (unpaired) electrons. The van der Waals surface area contributed by atoms with Gasteiger partial charge in [0, 0.05) is 23.8 Å². The van der Waals surface area contributed by atoms with Crippen LogP contribution in [-0.4, -0.2) is 41.3 Å². The molecule has 0 aliphatic carbocycles. The molecule has 1 fully saturated rings. The van der Waals surface area contributed by atoms with Gasteiger partial charge in [0.2, 0.25) is 11.9 Å². The highest BCUT2D eigenvalue weighted by Gasteiger charge is 2.16. The first kappa shape index (κ1) is 15.0. The van der Waals surface area contributed by atoms with E-state index in [1.165, 1.54) is 0 Å². The summed E-state index contributed by atoms with van der Waals surface area (Å²) in [5, 5.41) is 3.83. The molecule has 1 aliphatic heterocycles. The van der Waals surface area contributed by atoms with Gasteiger partial charge in [0.25, 0.3) is 0 Å². The van der Waals surface area contributed by atoms with Crippen LogP contribution in [0.3, 0.4) is 0 Å². The van der Waals surface area contributed by atoms with Crippen molar-refractivity contribution in [3.63, 3.8) is 0 Å². The van der Waals surface area contributed by atoms with Crippen molar-refractivity contribution in [3.8, 4) is 0 Å². The molecule has 0 spiro atoms. The first-order chi connectivity index (χ1) is 10.7. The molecule has 2 aromatic rings. The van der Waals surface area contributed by atoms with E-state index in [0.29, 0.717) is 36.0 Å². The molecule has 22 heavy (non-hydrogen) atoms. The second kappa shape index (κ2) is 6.87. The van der Waals surface area contributed by atoms with E-state index in [9.17, 15) is 0 Å². The van der Waals surface area contributed by atoms with Gasteiger partial charge in [-0.05, 0) is 24.3 Å². The lowest BCUT2D eigenvalue weighted by atomic mass is 10.3. The zero-order valence-electron chi connectivity index (χ0n) is 12.0. The van der Waals surface area contributed by atoms with Crippen LogP contribution < -0.4 is 16.0 Å². The van der Waals surface area contributed by atoms with Gasteiger partial charge in [0.1, 0.15) is 5.82 Å². The van der Waals surface area contributed by atoms with Crippen molar-refractivity contribution in [1.29, 1.82) is 0 Å². The Morgan fingerprint density at radius 3 is 2.55 bits per heavy atom. The molecular weight excluding hydrogens is 304 g/mol. The zero-order chi connectivity index (χ0) is 15.4. The van der Waals surface area contributed by atoms with Crippen LogP contribution in [0.15, 0.2) is 24.3 Å². The monoisotopic (exact) mass is 320 g/mol. The molecular formula is C14H17ClN6O. The SMILES string of the molecule is NCc1nc(Nc2ccc(Cl)cc2)nc(N2CCOCC2)n1. The van der Waals surface area contributed by atoms with Gasteiger partial charge in [-0.3, -0.25) is 0 Å². The van der Waals surface area contributed by atoms with Crippen molar-refractivity contribution in [2.75, 3.05) is 36.5 Å². The minimum absolute atomic E-state index is 0.259. The average molecular weight is 321 g/mol. The van der Waals surface area contributed by atoms with Crippen LogP contribution in [0.25, 0.3) is 0 Å². The quantitative estimate of drug-likeness (QED) is 0.883. The fraction of sp³-hybridized carbons (Fsp3) is 0.357. The normalized spacial score (nSPS) is 14.9. The van der Waals surface area contributed by atoms with Crippen LogP contribution in [0.2, 0.25) is 5.02 Å². The van der Waals surface area contributed by atoms with Gasteiger partial charge < -0.3 is 20.7 Å². The predicted molar refractivity (Wildman–Crippen MR) is 85.5 cm³/mol. The Morgan fingerprint density at radius 2 is 1.86 bits per heavy atom. The molecule has 1 aliphatic rings. The summed E-state index contributed by atoms with van der Waals surface area (Å²) < 4.78 is 5.35. The smallest absolute Gasteiger partial charge is 0.232 e. The molecule has 2 heterocycles. The van der Waals surface area contributed by atoms with E-state index in [1.54, 1.807) is 12.1 Å². The molecule has 8 heteroatoms. The number of aromatic nitrogens is 3. The number of benzene rings is 1. The number of nitrogens with two attached hydrogens (primary N) is 1. The lowest BCUT2D eigenvalue weighted by Gasteiger charge is -2.27. The third kappa shape index (κ3) is 3.62. The van der Waals surface area contributed by atoms with Crippen molar-refractivity contribution in [2.45, 2.75) is 6.54 Å². The number of morpholine rings is 1. The number of nitrogens with one attached hydrogen (secondary N) is 1. The molecule has 116 valence electrons. The topological polar surface area (TPSA) is 89.2 Å². The molecule has 1 aromatic heterocycles. The minimum atomic E-state index is 0.259. The van der Waals surface area contributed by atoms with Crippen LogP contribution in [0.1, 0.15) is 5.82 Å². The molecule has 1 saturated heterocycles. The second-order valence-electron chi connectivity index (χ2n) is 4.81. The van der Waals surface area contributed by atoms with Gasteiger partial charge >= 0.3 is 0 Å². The van der Waals surface area contributed by atoms with Gasteiger partial charge in [-0.15, -0.1) is 0 Å². The second-order valence-corrected chi connectivity index (χ2v) is 5.25. The third-order valence-corrected chi connectivity index (χ3v) is 3.50. The molecule has 3 N–H and O–H groups in total. The molecule has 3 rings (SSSR count). The van der Waals surface area contributed by atoms with Crippen molar-refractivity contribution >= 4 is 29.2 Å². The van der Waals surface area contributed by atoms with E-state index in [1.807, 2.05) is 12.1 Å². The molecule has 0 bridgehead atoms. The number of ether oxygens (including phenoxy) is 1. The Hall–Kier alpha value is -1.96. The van der Waals surface area contributed by atoms with Gasteiger partial charge in [-0.2, -0.15) is 15.0 Å². The van der Waals surface area contributed by atoms with Crippen LogP contribution in [-0.2, 0) is 11.3 Å². The molecule has 0 saturated carbocycles. The first-order valence-electron chi connectivity index (χ1n) is 7.05. The summed E-state index contributed by atoms with van der Waals surface area (Å²) in [7, 11) is 0. The molecule has 7 nitrogen and oxygen atoms in total. The summed E-state index contributed by atoms with van der Waals surface area (Å²) >= 11 is 5.89. The average Bonchev–Trinajstić information content (AvgIpc) is 2.57. The van der Waals surface area contributed by atoms with Crippen LogP contribution in [0, 0.1) is 0 Å². The molecule has 0 unspecified atom stereocenters. The Labute approximate surface area is 133 Å². The van der Waals surface area contributed by atoms with Crippen molar-refractivity contribution in [3.05, 3.63) is 35.1 Å². The number of halogens is 1. The third-order valence-electron chi connectivity index (χ3n) is 3.25. The van der Waals surface area contributed by atoms with E-state index >= 15 is 0 Å².